The molecule has 0 aromatic carbocycles. The fourth-order valence-electron chi connectivity index (χ4n) is 3.18. The zero-order valence-corrected chi connectivity index (χ0v) is 13.8. The summed E-state index contributed by atoms with van der Waals surface area (Å²) in [4.78, 5) is 12.3. The Labute approximate surface area is 131 Å². The zero-order chi connectivity index (χ0) is 16.4. The largest absolute Gasteiger partial charge is 0.349 e. The third-order valence-electron chi connectivity index (χ3n) is 4.88. The lowest BCUT2D eigenvalue weighted by Gasteiger charge is -2.44. The van der Waals surface area contributed by atoms with Crippen molar-refractivity contribution in [1.29, 1.82) is 0 Å². The molecule has 1 heterocycles. The van der Waals surface area contributed by atoms with Crippen molar-refractivity contribution in [3.63, 3.8) is 0 Å². The molecule has 1 amide bonds. The molecule has 1 aromatic rings. The molecule has 1 aliphatic carbocycles. The van der Waals surface area contributed by atoms with Crippen molar-refractivity contribution in [2.75, 3.05) is 0 Å². The average molecular weight is 308 g/mol. The molecule has 7 heteroatoms. The Morgan fingerprint density at radius 1 is 1.55 bits per heavy atom. The van der Waals surface area contributed by atoms with Gasteiger partial charge in [-0.2, -0.15) is 0 Å². The Bertz CT molecular complexity index is 526. The molecule has 0 spiro atoms. The number of aryl methyl sites for hydroxylation is 2. The van der Waals surface area contributed by atoms with Crippen LogP contribution in [0.4, 0.5) is 0 Å². The number of aromatic nitrogens is 3. The van der Waals surface area contributed by atoms with E-state index in [0.717, 1.165) is 25.0 Å². The molecule has 5 N–H and O–H groups in total. The molecule has 1 aliphatic rings. The minimum atomic E-state index is -0.484. The highest BCUT2D eigenvalue weighted by molar-refractivity contribution is 5.77. The molecule has 0 aliphatic heterocycles. The maximum atomic E-state index is 12.3. The topological polar surface area (TPSA) is 112 Å². The second-order valence-corrected chi connectivity index (χ2v) is 7.04. The first kappa shape index (κ1) is 16.9. The Hall–Kier alpha value is -1.47. The Morgan fingerprint density at radius 2 is 2.27 bits per heavy atom. The van der Waals surface area contributed by atoms with Crippen LogP contribution < -0.4 is 16.8 Å². The summed E-state index contributed by atoms with van der Waals surface area (Å²) in [5.74, 6) is -0.0149. The summed E-state index contributed by atoms with van der Waals surface area (Å²) < 4.78 is 1.63. The molecule has 0 radical (unpaired) electrons. The van der Waals surface area contributed by atoms with E-state index in [1.807, 2.05) is 27.1 Å². The molecular formula is C15H28N6O. The van der Waals surface area contributed by atoms with Crippen LogP contribution >= 0.6 is 0 Å². The van der Waals surface area contributed by atoms with Crippen LogP contribution in [0.25, 0.3) is 0 Å². The van der Waals surface area contributed by atoms with Gasteiger partial charge in [0.15, 0.2) is 0 Å². The van der Waals surface area contributed by atoms with Crippen molar-refractivity contribution in [1.82, 2.24) is 20.3 Å². The van der Waals surface area contributed by atoms with Gasteiger partial charge in [0.2, 0.25) is 5.91 Å². The van der Waals surface area contributed by atoms with Crippen molar-refractivity contribution in [3.05, 3.63) is 11.9 Å². The molecule has 2 rings (SSSR count). The van der Waals surface area contributed by atoms with E-state index in [9.17, 15) is 4.79 Å². The number of hydrogen-bond acceptors (Lipinski definition) is 5. The van der Waals surface area contributed by atoms with Crippen LogP contribution in [0.1, 0.15) is 51.6 Å². The van der Waals surface area contributed by atoms with Gasteiger partial charge in [-0.15, -0.1) is 5.10 Å². The van der Waals surface area contributed by atoms with Crippen LogP contribution in [-0.4, -0.2) is 38.0 Å². The Kier molecular flexibility index (Phi) is 4.87. The molecule has 1 aromatic heterocycles. The highest BCUT2D eigenvalue weighted by Gasteiger charge is 2.45. The molecule has 0 saturated heterocycles. The molecule has 3 atom stereocenters. The van der Waals surface area contributed by atoms with Gasteiger partial charge in [0.25, 0.3) is 0 Å². The van der Waals surface area contributed by atoms with Crippen molar-refractivity contribution in [2.45, 2.75) is 69.5 Å². The number of carbonyl (C=O) groups excluding carboxylic acids is 1. The lowest BCUT2D eigenvalue weighted by atomic mass is 9.75. The molecule has 1 fully saturated rings. The van der Waals surface area contributed by atoms with E-state index in [1.54, 1.807) is 4.68 Å². The van der Waals surface area contributed by atoms with E-state index in [1.165, 1.54) is 0 Å². The molecular weight excluding hydrogens is 280 g/mol. The second-order valence-electron chi connectivity index (χ2n) is 7.04. The fraction of sp³-hybridized carbons (Fsp3) is 0.800. The molecule has 0 bridgehead atoms. The van der Waals surface area contributed by atoms with Crippen LogP contribution in [0, 0.1) is 0 Å². The number of nitrogens with zero attached hydrogens (tertiary/aromatic N) is 3. The second kappa shape index (κ2) is 6.34. The summed E-state index contributed by atoms with van der Waals surface area (Å²) in [5, 5.41) is 11.0. The van der Waals surface area contributed by atoms with E-state index in [2.05, 4.69) is 15.6 Å². The van der Waals surface area contributed by atoms with Crippen molar-refractivity contribution in [2.24, 2.45) is 18.5 Å². The lowest BCUT2D eigenvalue weighted by molar-refractivity contribution is -0.123. The van der Waals surface area contributed by atoms with Gasteiger partial charge >= 0.3 is 0 Å². The minimum absolute atomic E-state index is 0.0149. The molecule has 1 saturated carbocycles. The fourth-order valence-corrected chi connectivity index (χ4v) is 3.18. The van der Waals surface area contributed by atoms with Crippen LogP contribution in [0.5, 0.6) is 0 Å². The number of hydrogen-bond donors (Lipinski definition) is 3. The maximum Gasteiger partial charge on any atom is 0.220 e. The smallest absolute Gasteiger partial charge is 0.220 e. The van der Waals surface area contributed by atoms with Gasteiger partial charge in [-0.05, 0) is 33.1 Å². The van der Waals surface area contributed by atoms with Crippen molar-refractivity contribution < 1.29 is 4.79 Å². The van der Waals surface area contributed by atoms with Gasteiger partial charge in [-0.1, -0.05) is 11.6 Å². The van der Waals surface area contributed by atoms with Gasteiger partial charge in [-0.25, -0.2) is 0 Å². The summed E-state index contributed by atoms with van der Waals surface area (Å²) in [7, 11) is 1.81. The number of carbonyl (C=O) groups is 1. The van der Waals surface area contributed by atoms with E-state index in [0.29, 0.717) is 19.3 Å². The maximum absolute atomic E-state index is 12.3. The SMILES string of the molecule is Cn1cc(CCC(=O)NC2(C)CC(N)CCCC2(C)N)nn1. The summed E-state index contributed by atoms with van der Waals surface area (Å²) in [6.45, 7) is 4.02. The minimum Gasteiger partial charge on any atom is -0.349 e. The van der Waals surface area contributed by atoms with Gasteiger partial charge in [0.1, 0.15) is 0 Å². The summed E-state index contributed by atoms with van der Waals surface area (Å²) in [6.07, 6.45) is 6.29. The van der Waals surface area contributed by atoms with Crippen LogP contribution in [0.2, 0.25) is 0 Å². The lowest BCUT2D eigenvalue weighted by Crippen LogP contribution is -2.66. The normalized spacial score (nSPS) is 32.5. The van der Waals surface area contributed by atoms with Crippen molar-refractivity contribution >= 4 is 5.91 Å². The van der Waals surface area contributed by atoms with E-state index >= 15 is 0 Å². The van der Waals surface area contributed by atoms with Gasteiger partial charge in [0, 0.05) is 37.7 Å². The van der Waals surface area contributed by atoms with Crippen molar-refractivity contribution in [3.8, 4) is 0 Å². The predicted molar refractivity (Wildman–Crippen MR) is 84.9 cm³/mol. The Balaban J connectivity index is 1.98. The molecule has 22 heavy (non-hydrogen) atoms. The molecule has 124 valence electrons. The summed E-state index contributed by atoms with van der Waals surface area (Å²) in [5.41, 5.74) is 12.5. The van der Waals surface area contributed by atoms with Gasteiger partial charge in [-0.3, -0.25) is 9.48 Å². The quantitative estimate of drug-likeness (QED) is 0.690. The van der Waals surface area contributed by atoms with Crippen LogP contribution in [0.15, 0.2) is 6.20 Å². The first-order valence-electron chi connectivity index (χ1n) is 7.92. The summed E-state index contributed by atoms with van der Waals surface area (Å²) in [6, 6.07) is 0.0793. The number of amides is 1. The number of nitrogens with two attached hydrogens (primary N) is 2. The highest BCUT2D eigenvalue weighted by Crippen LogP contribution is 2.33. The first-order chi connectivity index (χ1) is 10.2. The highest BCUT2D eigenvalue weighted by atomic mass is 16.1. The van der Waals surface area contributed by atoms with Gasteiger partial charge < -0.3 is 16.8 Å². The van der Waals surface area contributed by atoms with E-state index in [4.69, 9.17) is 11.5 Å². The number of nitrogens with one attached hydrogen (secondary N) is 1. The monoisotopic (exact) mass is 308 g/mol. The third-order valence-corrected chi connectivity index (χ3v) is 4.88. The zero-order valence-electron chi connectivity index (χ0n) is 13.8. The molecule has 3 unspecified atom stereocenters. The van der Waals surface area contributed by atoms with Gasteiger partial charge in [0.05, 0.1) is 11.2 Å². The average Bonchev–Trinajstić information content (AvgIpc) is 2.77. The Morgan fingerprint density at radius 3 is 2.91 bits per heavy atom. The predicted octanol–water partition coefficient (Wildman–Crippen LogP) is 0.241. The molecule has 7 nitrogen and oxygen atoms in total. The van der Waals surface area contributed by atoms with Crippen LogP contribution in [0.3, 0.4) is 0 Å². The first-order valence-corrected chi connectivity index (χ1v) is 7.92. The number of rotatable bonds is 4. The summed E-state index contributed by atoms with van der Waals surface area (Å²) >= 11 is 0. The standard InChI is InChI=1S/C15H28N6O/c1-14(17)8-4-5-11(16)9-15(14,2)18-13(22)7-6-12-10-21(3)20-19-12/h10-11H,4-9,16-17H2,1-3H3,(H,18,22). The van der Waals surface area contributed by atoms with Crippen LogP contribution in [-0.2, 0) is 18.3 Å². The third kappa shape index (κ3) is 3.84. The van der Waals surface area contributed by atoms with E-state index < -0.39 is 11.1 Å². The van der Waals surface area contributed by atoms with E-state index in [-0.39, 0.29) is 11.9 Å².